The number of carbonyl (C=O) groups is 1. The van der Waals surface area contributed by atoms with E-state index in [2.05, 4.69) is 6.58 Å². The van der Waals surface area contributed by atoms with Crippen LogP contribution in [0.2, 0.25) is 0 Å². The van der Waals surface area contributed by atoms with Crippen molar-refractivity contribution < 1.29 is 13.6 Å². The first-order chi connectivity index (χ1) is 8.91. The number of benzene rings is 1. The monoisotopic (exact) mass is 265 g/mol. The van der Waals surface area contributed by atoms with Crippen LogP contribution in [0.4, 0.5) is 8.78 Å². The van der Waals surface area contributed by atoms with Gasteiger partial charge in [-0.2, -0.15) is 0 Å². The number of aryl methyl sites for hydroxylation is 1. The zero-order valence-electron chi connectivity index (χ0n) is 11.0. The van der Waals surface area contributed by atoms with Gasteiger partial charge in [-0.1, -0.05) is 18.7 Å². The third-order valence-electron chi connectivity index (χ3n) is 3.36. The number of halogens is 2. The maximum atomic E-state index is 13.1. The van der Waals surface area contributed by atoms with Gasteiger partial charge in [-0.05, 0) is 30.2 Å². The molecule has 0 aliphatic carbocycles. The Morgan fingerprint density at radius 3 is 2.53 bits per heavy atom. The summed E-state index contributed by atoms with van der Waals surface area (Å²) in [5, 5.41) is 0. The molecule has 0 aromatic heterocycles. The van der Waals surface area contributed by atoms with Crippen molar-refractivity contribution in [2.45, 2.75) is 25.7 Å². The van der Waals surface area contributed by atoms with Crippen molar-refractivity contribution in [3.8, 4) is 0 Å². The molecule has 102 valence electrons. The van der Waals surface area contributed by atoms with Crippen molar-refractivity contribution in [2.24, 2.45) is 0 Å². The molecule has 1 aliphatic heterocycles. The van der Waals surface area contributed by atoms with Crippen LogP contribution < -0.4 is 0 Å². The number of hydrogen-bond donors (Lipinski definition) is 0. The Balaban J connectivity index is 2.16. The third-order valence-corrected chi connectivity index (χ3v) is 3.36. The van der Waals surface area contributed by atoms with Crippen molar-refractivity contribution >= 4 is 12.0 Å². The minimum absolute atomic E-state index is 0.114. The number of nitrogens with zero attached hydrogens (tertiary/aromatic N) is 1. The van der Waals surface area contributed by atoms with Crippen LogP contribution in [0, 0.1) is 6.92 Å². The smallest absolute Gasteiger partial charge is 0.253 e. The van der Waals surface area contributed by atoms with Crippen LogP contribution in [-0.4, -0.2) is 29.8 Å². The van der Waals surface area contributed by atoms with Crippen LogP contribution in [0.1, 0.15) is 34.3 Å². The molecule has 0 unspecified atom stereocenters. The molecule has 1 aromatic rings. The number of hydrogen-bond acceptors (Lipinski definition) is 1. The molecule has 0 bridgehead atoms. The van der Waals surface area contributed by atoms with Gasteiger partial charge < -0.3 is 4.90 Å². The van der Waals surface area contributed by atoms with Gasteiger partial charge in [0.05, 0.1) is 0 Å². The van der Waals surface area contributed by atoms with Gasteiger partial charge in [0.2, 0.25) is 0 Å². The molecule has 0 atom stereocenters. The Hall–Kier alpha value is -1.71. The van der Waals surface area contributed by atoms with Crippen molar-refractivity contribution in [1.29, 1.82) is 0 Å². The van der Waals surface area contributed by atoms with Gasteiger partial charge in [-0.25, -0.2) is 8.78 Å². The van der Waals surface area contributed by atoms with Crippen LogP contribution in [-0.2, 0) is 0 Å². The summed E-state index contributed by atoms with van der Waals surface area (Å²) in [6, 6.07) is 5.45. The summed E-state index contributed by atoms with van der Waals surface area (Å²) >= 11 is 0. The second-order valence-electron chi connectivity index (χ2n) is 4.98. The normalized spacial score (nSPS) is 18.2. The lowest BCUT2D eigenvalue weighted by Crippen LogP contribution is -2.42. The Bertz CT molecular complexity index is 501. The lowest BCUT2D eigenvalue weighted by Gasteiger charge is -2.31. The summed E-state index contributed by atoms with van der Waals surface area (Å²) in [7, 11) is 0. The lowest BCUT2D eigenvalue weighted by atomic mass is 10.0. The van der Waals surface area contributed by atoms with E-state index in [0.717, 1.165) is 11.1 Å². The summed E-state index contributed by atoms with van der Waals surface area (Å²) < 4.78 is 26.2. The summed E-state index contributed by atoms with van der Waals surface area (Å²) in [5.41, 5.74) is 2.37. The summed E-state index contributed by atoms with van der Waals surface area (Å²) in [6.07, 6.45) is 1.17. The molecule has 1 amide bonds. The average molecular weight is 265 g/mol. The number of likely N-dealkylation sites (tertiary alicyclic amines) is 1. The van der Waals surface area contributed by atoms with E-state index < -0.39 is 5.92 Å². The first-order valence-corrected chi connectivity index (χ1v) is 6.32. The minimum atomic E-state index is -2.63. The predicted molar refractivity (Wildman–Crippen MR) is 71.4 cm³/mol. The van der Waals surface area contributed by atoms with E-state index in [0.29, 0.717) is 5.56 Å². The van der Waals surface area contributed by atoms with Gasteiger partial charge in [0, 0.05) is 31.5 Å². The van der Waals surface area contributed by atoms with Crippen LogP contribution in [0.15, 0.2) is 24.8 Å². The maximum absolute atomic E-state index is 13.1. The molecule has 19 heavy (non-hydrogen) atoms. The van der Waals surface area contributed by atoms with E-state index in [1.807, 2.05) is 13.0 Å². The highest BCUT2D eigenvalue weighted by molar-refractivity contribution is 5.95. The molecule has 2 nitrogen and oxygen atoms in total. The molecule has 1 saturated heterocycles. The zero-order valence-corrected chi connectivity index (χ0v) is 11.0. The molecule has 1 aromatic carbocycles. The molecular formula is C15H17F2NO. The van der Waals surface area contributed by atoms with Gasteiger partial charge in [0.25, 0.3) is 11.8 Å². The molecule has 1 heterocycles. The predicted octanol–water partition coefficient (Wildman–Crippen LogP) is 3.51. The van der Waals surface area contributed by atoms with Crippen molar-refractivity contribution in [3.05, 3.63) is 41.5 Å². The fourth-order valence-corrected chi connectivity index (χ4v) is 2.27. The molecule has 0 N–H and O–H groups in total. The fraction of sp³-hybridized carbons (Fsp3) is 0.400. The van der Waals surface area contributed by atoms with Gasteiger partial charge in [0.15, 0.2) is 0 Å². The highest BCUT2D eigenvalue weighted by Crippen LogP contribution is 2.28. The quantitative estimate of drug-likeness (QED) is 0.801. The van der Waals surface area contributed by atoms with E-state index >= 15 is 0 Å². The number of piperidine rings is 1. The Morgan fingerprint density at radius 1 is 1.32 bits per heavy atom. The van der Waals surface area contributed by atoms with Crippen LogP contribution in [0.25, 0.3) is 6.08 Å². The Kier molecular flexibility index (Phi) is 3.69. The molecule has 0 saturated carbocycles. The van der Waals surface area contributed by atoms with Crippen molar-refractivity contribution in [3.63, 3.8) is 0 Å². The molecular weight excluding hydrogens is 248 g/mol. The largest absolute Gasteiger partial charge is 0.338 e. The fourth-order valence-electron chi connectivity index (χ4n) is 2.27. The van der Waals surface area contributed by atoms with Gasteiger partial charge in [-0.15, -0.1) is 0 Å². The second-order valence-corrected chi connectivity index (χ2v) is 4.98. The lowest BCUT2D eigenvalue weighted by molar-refractivity contribution is -0.0494. The zero-order chi connectivity index (χ0) is 14.0. The first kappa shape index (κ1) is 13.7. The highest BCUT2D eigenvalue weighted by atomic mass is 19.3. The highest BCUT2D eigenvalue weighted by Gasteiger charge is 2.35. The topological polar surface area (TPSA) is 20.3 Å². The second kappa shape index (κ2) is 5.11. The average Bonchev–Trinajstić information content (AvgIpc) is 2.37. The van der Waals surface area contributed by atoms with E-state index in [-0.39, 0.29) is 31.8 Å². The third kappa shape index (κ3) is 3.19. The number of carbonyl (C=O) groups excluding carboxylic acids is 1. The molecule has 2 rings (SSSR count). The van der Waals surface area contributed by atoms with Gasteiger partial charge in [-0.3, -0.25) is 4.79 Å². The minimum Gasteiger partial charge on any atom is -0.338 e. The van der Waals surface area contributed by atoms with Crippen LogP contribution in [0.5, 0.6) is 0 Å². The number of alkyl halides is 2. The molecule has 0 radical (unpaired) electrons. The number of amides is 1. The Morgan fingerprint density at radius 2 is 1.95 bits per heavy atom. The molecule has 0 spiro atoms. The summed E-state index contributed by atoms with van der Waals surface area (Å²) in [5.74, 6) is -2.81. The van der Waals surface area contributed by atoms with E-state index in [1.54, 1.807) is 18.2 Å². The van der Waals surface area contributed by atoms with Crippen LogP contribution >= 0.6 is 0 Å². The van der Waals surface area contributed by atoms with E-state index in [1.165, 1.54) is 4.90 Å². The summed E-state index contributed by atoms with van der Waals surface area (Å²) in [4.78, 5) is 13.8. The molecule has 4 heteroatoms. The maximum Gasteiger partial charge on any atom is 0.253 e. The van der Waals surface area contributed by atoms with E-state index in [4.69, 9.17) is 0 Å². The SMILES string of the molecule is C=Cc1cc(C)cc(C(=O)N2CCC(F)(F)CC2)c1. The Labute approximate surface area is 111 Å². The first-order valence-electron chi connectivity index (χ1n) is 6.32. The summed E-state index contributed by atoms with van der Waals surface area (Å²) in [6.45, 7) is 5.81. The number of rotatable bonds is 2. The van der Waals surface area contributed by atoms with Crippen molar-refractivity contribution in [1.82, 2.24) is 4.90 Å². The molecule has 1 fully saturated rings. The van der Waals surface area contributed by atoms with Gasteiger partial charge >= 0.3 is 0 Å². The molecule has 1 aliphatic rings. The van der Waals surface area contributed by atoms with Gasteiger partial charge in [0.1, 0.15) is 0 Å². The van der Waals surface area contributed by atoms with Crippen molar-refractivity contribution in [2.75, 3.05) is 13.1 Å². The van der Waals surface area contributed by atoms with E-state index in [9.17, 15) is 13.6 Å². The standard InChI is InChI=1S/C15H17F2NO/c1-3-12-8-11(2)9-13(10-12)14(19)18-6-4-15(16,17)5-7-18/h3,8-10H,1,4-7H2,2H3. The van der Waals surface area contributed by atoms with Crippen LogP contribution in [0.3, 0.4) is 0 Å².